The molecule has 0 aliphatic rings. The van der Waals surface area contributed by atoms with Crippen LogP contribution in [-0.2, 0) is 16.7 Å². The van der Waals surface area contributed by atoms with Crippen LogP contribution in [0.5, 0.6) is 0 Å². The first kappa shape index (κ1) is 11.2. The summed E-state index contributed by atoms with van der Waals surface area (Å²) in [5.74, 6) is 0. The molecule has 1 aromatic heterocycles. The fourth-order valence-electron chi connectivity index (χ4n) is 0.903. The van der Waals surface area contributed by atoms with E-state index in [1.807, 2.05) is 19.0 Å². The van der Waals surface area contributed by atoms with E-state index in [1.54, 1.807) is 0 Å². The van der Waals surface area contributed by atoms with E-state index in [0.717, 1.165) is 12.7 Å². The highest BCUT2D eigenvalue weighted by Gasteiger charge is 2.11. The first-order valence-electron chi connectivity index (χ1n) is 4.04. The van der Waals surface area contributed by atoms with Crippen molar-refractivity contribution in [2.75, 3.05) is 20.6 Å². The summed E-state index contributed by atoms with van der Waals surface area (Å²) in [6.45, 7) is 1.34. The lowest BCUT2D eigenvalue weighted by atomic mass is 10.6. The molecule has 0 bridgehead atoms. The zero-order valence-corrected chi connectivity index (χ0v) is 8.90. The second kappa shape index (κ2) is 4.07. The van der Waals surface area contributed by atoms with Crippen LogP contribution < -0.4 is 0 Å². The van der Waals surface area contributed by atoms with Gasteiger partial charge < -0.3 is 4.90 Å². The number of hydrogen-bond donors (Lipinski definition) is 1. The van der Waals surface area contributed by atoms with Crippen molar-refractivity contribution in [2.45, 2.75) is 11.4 Å². The maximum atomic E-state index is 10.7. The molecule has 0 saturated carbocycles. The van der Waals surface area contributed by atoms with E-state index in [-0.39, 0.29) is 4.90 Å². The number of nitrogens with zero attached hydrogens (tertiary/aromatic N) is 3. The highest BCUT2D eigenvalue weighted by atomic mass is 32.2. The second-order valence-electron chi connectivity index (χ2n) is 3.22. The van der Waals surface area contributed by atoms with Gasteiger partial charge in [-0.1, -0.05) is 0 Å². The zero-order chi connectivity index (χ0) is 10.8. The van der Waals surface area contributed by atoms with Gasteiger partial charge in [0.25, 0.3) is 10.1 Å². The maximum Gasteiger partial charge on any atom is 0.297 e. The average molecular weight is 219 g/mol. The van der Waals surface area contributed by atoms with Crippen molar-refractivity contribution >= 4 is 10.1 Å². The van der Waals surface area contributed by atoms with Crippen LogP contribution in [0, 0.1) is 0 Å². The first-order valence-corrected chi connectivity index (χ1v) is 5.48. The lowest BCUT2D eigenvalue weighted by Gasteiger charge is -2.08. The van der Waals surface area contributed by atoms with Crippen molar-refractivity contribution < 1.29 is 13.0 Å². The van der Waals surface area contributed by atoms with Crippen LogP contribution in [-0.4, -0.2) is 48.3 Å². The summed E-state index contributed by atoms with van der Waals surface area (Å²) in [7, 11) is -0.298. The van der Waals surface area contributed by atoms with Crippen molar-refractivity contribution in [3.63, 3.8) is 0 Å². The Morgan fingerprint density at radius 3 is 2.64 bits per heavy atom. The highest BCUT2D eigenvalue weighted by Crippen LogP contribution is 2.05. The second-order valence-corrected chi connectivity index (χ2v) is 4.64. The molecule has 0 amide bonds. The van der Waals surface area contributed by atoms with Gasteiger partial charge in [-0.25, -0.2) is 0 Å². The molecule has 1 rings (SSSR count). The lowest BCUT2D eigenvalue weighted by Crippen LogP contribution is -2.18. The molecule has 1 N–H and O–H groups in total. The molecule has 0 radical (unpaired) electrons. The molecule has 0 saturated heterocycles. The monoisotopic (exact) mass is 219 g/mol. The number of aromatic nitrogens is 2. The van der Waals surface area contributed by atoms with Gasteiger partial charge in [-0.05, 0) is 14.1 Å². The maximum absolute atomic E-state index is 10.7. The Morgan fingerprint density at radius 1 is 1.57 bits per heavy atom. The van der Waals surface area contributed by atoms with Crippen molar-refractivity contribution in [1.82, 2.24) is 14.7 Å². The number of hydrogen-bond acceptors (Lipinski definition) is 4. The van der Waals surface area contributed by atoms with E-state index in [1.165, 1.54) is 10.9 Å². The van der Waals surface area contributed by atoms with E-state index in [9.17, 15) is 8.42 Å². The first-order chi connectivity index (χ1) is 6.39. The SMILES string of the molecule is CN(C)CCn1cc(S(=O)(=O)O)cn1. The van der Waals surface area contributed by atoms with Crippen molar-refractivity contribution in [2.24, 2.45) is 0 Å². The van der Waals surface area contributed by atoms with Gasteiger partial charge >= 0.3 is 0 Å². The molecule has 0 fully saturated rings. The van der Waals surface area contributed by atoms with Crippen LogP contribution in [0.3, 0.4) is 0 Å². The summed E-state index contributed by atoms with van der Waals surface area (Å²) in [4.78, 5) is 1.78. The Hall–Kier alpha value is -0.920. The van der Waals surface area contributed by atoms with E-state index in [4.69, 9.17) is 4.55 Å². The molecule has 0 spiro atoms. The Morgan fingerprint density at radius 2 is 2.21 bits per heavy atom. The Kier molecular flexibility index (Phi) is 3.25. The molecule has 14 heavy (non-hydrogen) atoms. The van der Waals surface area contributed by atoms with E-state index in [0.29, 0.717) is 6.54 Å². The molecule has 7 heteroatoms. The summed E-state index contributed by atoms with van der Waals surface area (Å²) in [5.41, 5.74) is 0. The molecule has 0 atom stereocenters. The van der Waals surface area contributed by atoms with Gasteiger partial charge in [0, 0.05) is 12.7 Å². The van der Waals surface area contributed by atoms with Crippen molar-refractivity contribution in [1.29, 1.82) is 0 Å². The molecule has 1 aromatic rings. The summed E-state index contributed by atoms with van der Waals surface area (Å²) in [5, 5.41) is 3.81. The standard InChI is InChI=1S/C7H13N3O3S/c1-9(2)3-4-10-6-7(5-8-10)14(11,12)13/h5-6H,3-4H2,1-2H3,(H,11,12,13). The molecule has 0 aliphatic heterocycles. The third-order valence-corrected chi connectivity index (χ3v) is 2.49. The van der Waals surface area contributed by atoms with Crippen LogP contribution in [0.25, 0.3) is 0 Å². The summed E-state index contributed by atoms with van der Waals surface area (Å²) in [6.07, 6.45) is 2.43. The number of likely N-dealkylation sites (N-methyl/N-ethyl adjacent to an activating group) is 1. The molecular formula is C7H13N3O3S. The minimum atomic E-state index is -4.12. The van der Waals surface area contributed by atoms with Gasteiger partial charge in [0.1, 0.15) is 4.90 Å². The molecule has 0 aromatic carbocycles. The van der Waals surface area contributed by atoms with Crippen LogP contribution in [0.15, 0.2) is 17.3 Å². The Balaban J connectivity index is 2.70. The van der Waals surface area contributed by atoms with Gasteiger partial charge in [-0.2, -0.15) is 13.5 Å². The number of rotatable bonds is 4. The van der Waals surface area contributed by atoms with E-state index < -0.39 is 10.1 Å². The van der Waals surface area contributed by atoms with Gasteiger partial charge in [0.05, 0.1) is 12.7 Å². The van der Waals surface area contributed by atoms with Crippen LogP contribution in [0.4, 0.5) is 0 Å². The van der Waals surface area contributed by atoms with E-state index >= 15 is 0 Å². The minimum Gasteiger partial charge on any atom is -0.308 e. The summed E-state index contributed by atoms with van der Waals surface area (Å²) in [6, 6.07) is 0. The predicted molar refractivity (Wildman–Crippen MR) is 50.6 cm³/mol. The zero-order valence-electron chi connectivity index (χ0n) is 8.08. The Labute approximate surface area is 82.9 Å². The van der Waals surface area contributed by atoms with E-state index in [2.05, 4.69) is 5.10 Å². The fourth-order valence-corrected chi connectivity index (χ4v) is 1.34. The highest BCUT2D eigenvalue weighted by molar-refractivity contribution is 7.85. The van der Waals surface area contributed by atoms with Crippen LogP contribution >= 0.6 is 0 Å². The van der Waals surface area contributed by atoms with Crippen molar-refractivity contribution in [3.8, 4) is 0 Å². The quantitative estimate of drug-likeness (QED) is 0.703. The van der Waals surface area contributed by atoms with Crippen LogP contribution in [0.2, 0.25) is 0 Å². The smallest absolute Gasteiger partial charge is 0.297 e. The molecule has 0 unspecified atom stereocenters. The van der Waals surface area contributed by atoms with Gasteiger partial charge in [-0.3, -0.25) is 9.23 Å². The third-order valence-electron chi connectivity index (χ3n) is 1.68. The lowest BCUT2D eigenvalue weighted by molar-refractivity contribution is 0.373. The third kappa shape index (κ3) is 3.09. The van der Waals surface area contributed by atoms with Gasteiger partial charge in [0.15, 0.2) is 0 Å². The summed E-state index contributed by atoms with van der Waals surface area (Å²) >= 11 is 0. The average Bonchev–Trinajstić information content (AvgIpc) is 2.47. The topological polar surface area (TPSA) is 75.4 Å². The molecule has 0 aliphatic carbocycles. The largest absolute Gasteiger partial charge is 0.308 e. The molecule has 6 nitrogen and oxygen atoms in total. The summed E-state index contributed by atoms with van der Waals surface area (Å²) < 4.78 is 31.5. The van der Waals surface area contributed by atoms with Crippen molar-refractivity contribution in [3.05, 3.63) is 12.4 Å². The van der Waals surface area contributed by atoms with Crippen LogP contribution in [0.1, 0.15) is 0 Å². The van der Waals surface area contributed by atoms with Gasteiger partial charge in [-0.15, -0.1) is 0 Å². The Bertz CT molecular complexity index is 396. The van der Waals surface area contributed by atoms with Gasteiger partial charge in [0.2, 0.25) is 0 Å². The molecule has 1 heterocycles. The molecule has 80 valence electrons. The predicted octanol–water partition coefficient (Wildman–Crippen LogP) is -0.309. The fraction of sp³-hybridized carbons (Fsp3) is 0.571. The normalized spacial score (nSPS) is 12.3. The minimum absolute atomic E-state index is 0.170. The molecular weight excluding hydrogens is 206 g/mol.